The first-order valence-electron chi connectivity index (χ1n) is 4.57. The van der Waals surface area contributed by atoms with Gasteiger partial charge >= 0.3 is 0 Å². The third-order valence-electron chi connectivity index (χ3n) is 0.614. The Labute approximate surface area is 54.8 Å². The van der Waals surface area contributed by atoms with E-state index in [0.717, 1.165) is 0 Å². The van der Waals surface area contributed by atoms with Crippen LogP contribution in [0.25, 0.3) is 0 Å². The van der Waals surface area contributed by atoms with Crippen LogP contribution in [-0.4, -0.2) is 10.1 Å². The van der Waals surface area contributed by atoms with Crippen LogP contribution in [0.2, 0.25) is 0 Å². The zero-order valence-electron chi connectivity index (χ0n) is 8.97. The molecule has 1 aromatic heterocycles. The number of nitrogens with zero attached hydrogens (tertiary/aromatic N) is 1. The quantitative estimate of drug-likeness (QED) is 0.579. The Morgan fingerprint density at radius 2 is 2.88 bits per heavy atom. The molecule has 0 spiro atoms. The Hall–Kier alpha value is -0.890. The minimum Gasteiger partial charge on any atom is -0.392 e. The van der Waals surface area contributed by atoms with Crippen molar-refractivity contribution in [2.45, 2.75) is 6.58 Å². The van der Waals surface area contributed by atoms with Gasteiger partial charge in [-0.15, -0.1) is 0 Å². The molecule has 1 rings (SSSR count). The average Bonchev–Trinajstić information content (AvgIpc) is 1.99. The summed E-state index contributed by atoms with van der Waals surface area (Å²) in [6.45, 7) is -1.75. The van der Waals surface area contributed by atoms with Crippen molar-refractivity contribution in [3.63, 3.8) is 0 Å². The molecule has 2 heteroatoms. The van der Waals surface area contributed by atoms with Crippen LogP contribution < -0.4 is 0 Å². The first-order chi connectivity index (χ1) is 5.95. The summed E-state index contributed by atoms with van der Waals surface area (Å²) < 4.78 is 35.5. The van der Waals surface area contributed by atoms with E-state index in [2.05, 4.69) is 4.98 Å². The first-order valence-corrected chi connectivity index (χ1v) is 1.99. The van der Waals surface area contributed by atoms with Gasteiger partial charge in [-0.2, -0.15) is 0 Å². The number of hydrogen-bond donors (Lipinski definition) is 1. The minimum absolute atomic E-state index is 0.332. The molecule has 0 aliphatic heterocycles. The largest absolute Gasteiger partial charge is 0.392 e. The molecule has 0 aliphatic rings. The van der Waals surface area contributed by atoms with Crippen molar-refractivity contribution in [1.29, 1.82) is 0 Å². The predicted octanol–water partition coefficient (Wildman–Crippen LogP) is 0.574. The molecule has 0 aliphatic carbocycles. The molecule has 2 nitrogen and oxygen atoms in total. The molecule has 1 atom stereocenters. The zero-order valence-corrected chi connectivity index (χ0v) is 3.97. The van der Waals surface area contributed by atoms with Crippen LogP contribution in [0.3, 0.4) is 0 Å². The van der Waals surface area contributed by atoms with Crippen molar-refractivity contribution in [2.75, 3.05) is 0 Å². The van der Waals surface area contributed by atoms with Gasteiger partial charge in [0.2, 0.25) is 0 Å². The smallest absolute Gasteiger partial charge is 0.0844 e. The molecule has 8 heavy (non-hydrogen) atoms. The summed E-state index contributed by atoms with van der Waals surface area (Å²) in [7, 11) is 0. The zero-order chi connectivity index (χ0) is 10.2. The Balaban J connectivity index is 3.44. The van der Waals surface area contributed by atoms with Crippen LogP contribution in [0, 0.1) is 0 Å². The monoisotopic (exact) mass is 114 g/mol. The van der Waals surface area contributed by atoms with Crippen molar-refractivity contribution >= 4 is 0 Å². The van der Waals surface area contributed by atoms with Crippen LogP contribution >= 0.6 is 0 Å². The van der Waals surface area contributed by atoms with Crippen molar-refractivity contribution in [2.24, 2.45) is 0 Å². The molecule has 0 saturated heterocycles. The molecule has 42 valence electrons. The third kappa shape index (κ3) is 1.04. The van der Waals surface area contributed by atoms with Crippen LogP contribution in [-0.2, 0) is 6.58 Å². The van der Waals surface area contributed by atoms with Crippen LogP contribution in [0.1, 0.15) is 12.4 Å². The van der Waals surface area contributed by atoms with Gasteiger partial charge in [0, 0.05) is 12.3 Å². The highest BCUT2D eigenvalue weighted by Crippen LogP contribution is 1.92. The maximum atomic E-state index is 8.84. The van der Waals surface area contributed by atoms with E-state index in [1.54, 1.807) is 0 Å². The molecule has 1 N–H and O–H groups in total. The highest BCUT2D eigenvalue weighted by molar-refractivity contribution is 5.06. The van der Waals surface area contributed by atoms with Crippen LogP contribution in [0.5, 0.6) is 0 Å². The fourth-order valence-electron chi connectivity index (χ4n) is 0.301. The topological polar surface area (TPSA) is 33.1 Å². The summed E-state index contributed by atoms with van der Waals surface area (Å²) in [5.41, 5.74) is -0.332. The lowest BCUT2D eigenvalue weighted by Gasteiger charge is -1.88. The Morgan fingerprint density at radius 1 is 2.00 bits per heavy atom. The average molecular weight is 114 g/mol. The van der Waals surface area contributed by atoms with Gasteiger partial charge in [-0.25, -0.2) is 0 Å². The third-order valence-corrected chi connectivity index (χ3v) is 0.614. The van der Waals surface area contributed by atoms with Crippen LogP contribution in [0.15, 0.2) is 24.4 Å². The van der Waals surface area contributed by atoms with Crippen molar-refractivity contribution in [1.82, 2.24) is 4.98 Å². The van der Waals surface area contributed by atoms with Crippen molar-refractivity contribution < 1.29 is 12.0 Å². The summed E-state index contributed by atoms with van der Waals surface area (Å²) in [6.07, 6.45) is -0.979. The number of hydrogen-bond acceptors (Lipinski definition) is 2. The molecular formula is C6H7NO. The van der Waals surface area contributed by atoms with E-state index in [0.29, 0.717) is 0 Å². The number of aliphatic hydroxyl groups is 1. The molecule has 1 heterocycles. The maximum absolute atomic E-state index is 8.84. The molecule has 1 unspecified atom stereocenters. The number of rotatable bonds is 1. The molecule has 0 amide bonds. The van der Waals surface area contributed by atoms with Crippen molar-refractivity contribution in [3.05, 3.63) is 30.0 Å². The molecule has 0 saturated carbocycles. The molecule has 0 fully saturated rings. The highest BCUT2D eigenvalue weighted by atomic mass is 16.3. The van der Waals surface area contributed by atoms with E-state index >= 15 is 0 Å². The van der Waals surface area contributed by atoms with Gasteiger partial charge < -0.3 is 5.11 Å². The molecular weight excluding hydrogens is 102 g/mol. The van der Waals surface area contributed by atoms with E-state index in [-0.39, 0.29) is 5.56 Å². The minimum atomic E-state index is -1.75. The normalized spacial score (nSPS) is 21.9. The van der Waals surface area contributed by atoms with Crippen LogP contribution in [0.4, 0.5) is 0 Å². The lowest BCUT2D eigenvalue weighted by molar-refractivity contribution is 0.281. The fourth-order valence-corrected chi connectivity index (χ4v) is 0.301. The van der Waals surface area contributed by atoms with Gasteiger partial charge in [0.25, 0.3) is 0 Å². The highest BCUT2D eigenvalue weighted by Gasteiger charge is 1.82. The predicted molar refractivity (Wildman–Crippen MR) is 30.2 cm³/mol. The van der Waals surface area contributed by atoms with E-state index in [1.807, 2.05) is 0 Å². The maximum Gasteiger partial charge on any atom is 0.0844 e. The van der Waals surface area contributed by atoms with Gasteiger partial charge in [-0.05, 0) is 11.6 Å². The van der Waals surface area contributed by atoms with Crippen molar-refractivity contribution in [3.8, 4) is 0 Å². The van der Waals surface area contributed by atoms with Gasteiger partial charge in [0.1, 0.15) is 0 Å². The summed E-state index contributed by atoms with van der Waals surface area (Å²) in [4.78, 5) is 3.30. The molecule has 0 aromatic carbocycles. The lowest BCUT2D eigenvalue weighted by atomic mass is 10.3. The molecule has 1 aromatic rings. The molecule has 0 bridgehead atoms. The number of pyridine rings is 1. The van der Waals surface area contributed by atoms with E-state index in [1.165, 1.54) is 0 Å². The summed E-state index contributed by atoms with van der Waals surface area (Å²) in [6, 6.07) is -0.954. The van der Waals surface area contributed by atoms with E-state index in [4.69, 9.17) is 12.0 Å². The number of aliphatic hydroxyl groups excluding tert-OH is 1. The first kappa shape index (κ1) is 1.81. The summed E-state index contributed by atoms with van der Waals surface area (Å²) in [5, 5.41) is 8.84. The molecule has 0 radical (unpaired) electrons. The van der Waals surface area contributed by atoms with E-state index < -0.39 is 31.0 Å². The Kier molecular flexibility index (Phi) is 0.549. The SMILES string of the molecule is [2H]c1nc([2H])c(C([2H])O)c([2H])c1[2H]. The second kappa shape index (κ2) is 2.43. The van der Waals surface area contributed by atoms with Gasteiger partial charge in [-0.1, -0.05) is 6.04 Å². The van der Waals surface area contributed by atoms with Gasteiger partial charge in [0.15, 0.2) is 0 Å². The summed E-state index contributed by atoms with van der Waals surface area (Å²) >= 11 is 0. The van der Waals surface area contributed by atoms with E-state index in [9.17, 15) is 0 Å². The second-order valence-electron chi connectivity index (χ2n) is 1.13. The summed E-state index contributed by atoms with van der Waals surface area (Å²) in [5.74, 6) is 0. The standard InChI is InChI=1S/C6H7NO/c8-5-6-2-1-3-7-4-6/h1-4,8H,5H2/i1D,2D,3D,4D,5D. The fraction of sp³-hybridized carbons (Fsp3) is 0.167. The number of aromatic nitrogens is 1. The second-order valence-corrected chi connectivity index (χ2v) is 1.13. The Morgan fingerprint density at radius 3 is 3.62 bits per heavy atom. The Bertz CT molecular complexity index is 340. The van der Waals surface area contributed by atoms with Gasteiger partial charge in [0.05, 0.1) is 13.4 Å². The van der Waals surface area contributed by atoms with Gasteiger partial charge in [-0.3, -0.25) is 4.98 Å². The lowest BCUT2D eigenvalue weighted by Crippen LogP contribution is -1.80.